The van der Waals surface area contributed by atoms with Crippen LogP contribution >= 0.6 is 0 Å². The Labute approximate surface area is 210 Å². The number of aliphatic hydroxyl groups is 10. The zero-order valence-corrected chi connectivity index (χ0v) is 19.7. The third-order valence-corrected chi connectivity index (χ3v) is 6.50. The Morgan fingerprint density at radius 1 is 0.649 bits per heavy atom. The van der Waals surface area contributed by atoms with E-state index in [9.17, 15) is 55.9 Å². The number of amides is 1. The van der Waals surface area contributed by atoms with E-state index in [1.54, 1.807) is 0 Å². The van der Waals surface area contributed by atoms with Gasteiger partial charge in [0.2, 0.25) is 5.91 Å². The molecule has 0 aromatic rings. The van der Waals surface area contributed by atoms with Crippen LogP contribution in [0.4, 0.5) is 0 Å². The van der Waals surface area contributed by atoms with Crippen molar-refractivity contribution in [2.45, 2.75) is 99.0 Å². The van der Waals surface area contributed by atoms with E-state index in [4.69, 9.17) is 23.7 Å². The minimum absolute atomic E-state index is 0.627. The summed E-state index contributed by atoms with van der Waals surface area (Å²) in [5.74, 6) is -0.627. The number of carbonyl (C=O) groups excluding carboxylic acids is 1. The van der Waals surface area contributed by atoms with Crippen LogP contribution in [0.5, 0.6) is 0 Å². The molecule has 0 bridgehead atoms. The smallest absolute Gasteiger partial charge is 0.217 e. The Bertz CT molecular complexity index is 745. The van der Waals surface area contributed by atoms with Crippen molar-refractivity contribution >= 4 is 5.91 Å². The van der Waals surface area contributed by atoms with E-state index in [1.807, 2.05) is 0 Å². The highest BCUT2D eigenvalue weighted by Crippen LogP contribution is 2.32. The molecule has 11 N–H and O–H groups in total. The lowest BCUT2D eigenvalue weighted by Gasteiger charge is -2.48. The molecule has 15 atom stereocenters. The van der Waals surface area contributed by atoms with Gasteiger partial charge in [-0.25, -0.2) is 0 Å². The second kappa shape index (κ2) is 12.8. The van der Waals surface area contributed by atoms with Gasteiger partial charge in [-0.3, -0.25) is 4.79 Å². The molecule has 3 heterocycles. The van der Waals surface area contributed by atoms with Crippen LogP contribution in [0.3, 0.4) is 0 Å². The standard InChI is InChI=1S/C20H35NO16/c1-5(25)21-9-12(28)16(8(4-24)33-18(9)32)36-20-15(31)17(11(27)7(3-23)35-20)37-19-14(30)13(29)10(26)6(2-22)34-19/h6-20,22-24,26-32H,2-4H2,1H3,(H,21,25)/t6-,7-,8-,9-,10+,11+,12-,13+,14-,15-,16-,17+,18-,19-,20-/m1/s1. The average molecular weight is 545 g/mol. The molecule has 0 radical (unpaired) electrons. The molecule has 216 valence electrons. The summed E-state index contributed by atoms with van der Waals surface area (Å²) in [4.78, 5) is 11.5. The fourth-order valence-electron chi connectivity index (χ4n) is 4.46. The first-order valence-electron chi connectivity index (χ1n) is 11.6. The molecule has 17 heteroatoms. The Morgan fingerprint density at radius 2 is 1.16 bits per heavy atom. The largest absolute Gasteiger partial charge is 0.394 e. The molecular formula is C20H35NO16. The van der Waals surface area contributed by atoms with Gasteiger partial charge in [0.15, 0.2) is 18.9 Å². The molecule has 3 fully saturated rings. The Hall–Kier alpha value is -1.13. The van der Waals surface area contributed by atoms with E-state index in [1.165, 1.54) is 0 Å². The third-order valence-electron chi connectivity index (χ3n) is 6.50. The second-order valence-corrected chi connectivity index (χ2v) is 9.07. The van der Waals surface area contributed by atoms with Gasteiger partial charge in [-0.1, -0.05) is 0 Å². The minimum atomic E-state index is -1.91. The fraction of sp³-hybridized carbons (Fsp3) is 0.950. The topological polar surface area (TPSA) is 278 Å². The van der Waals surface area contributed by atoms with E-state index in [0.717, 1.165) is 6.92 Å². The molecule has 3 saturated heterocycles. The monoisotopic (exact) mass is 545 g/mol. The molecule has 0 saturated carbocycles. The first-order chi connectivity index (χ1) is 17.4. The van der Waals surface area contributed by atoms with Crippen LogP contribution in [0.25, 0.3) is 0 Å². The van der Waals surface area contributed by atoms with Gasteiger partial charge in [0.1, 0.15) is 73.2 Å². The Kier molecular flexibility index (Phi) is 10.5. The van der Waals surface area contributed by atoms with Crippen LogP contribution in [-0.4, -0.2) is 169 Å². The maximum absolute atomic E-state index is 11.5. The van der Waals surface area contributed by atoms with Crippen molar-refractivity contribution in [1.29, 1.82) is 0 Å². The molecule has 0 unspecified atom stereocenters. The average Bonchev–Trinajstić information content (AvgIpc) is 2.86. The maximum atomic E-state index is 11.5. The maximum Gasteiger partial charge on any atom is 0.217 e. The number of aliphatic hydroxyl groups excluding tert-OH is 10. The second-order valence-electron chi connectivity index (χ2n) is 9.07. The molecule has 37 heavy (non-hydrogen) atoms. The summed E-state index contributed by atoms with van der Waals surface area (Å²) in [6, 6.07) is -1.40. The Balaban J connectivity index is 1.80. The fourth-order valence-corrected chi connectivity index (χ4v) is 4.46. The number of ether oxygens (including phenoxy) is 5. The highest BCUT2D eigenvalue weighted by Gasteiger charge is 2.53. The van der Waals surface area contributed by atoms with Crippen molar-refractivity contribution in [3.05, 3.63) is 0 Å². The van der Waals surface area contributed by atoms with Crippen molar-refractivity contribution in [2.24, 2.45) is 0 Å². The molecule has 0 aromatic heterocycles. The van der Waals surface area contributed by atoms with Crippen LogP contribution in [0, 0.1) is 0 Å². The van der Waals surface area contributed by atoms with Gasteiger partial charge in [0.05, 0.1) is 19.8 Å². The van der Waals surface area contributed by atoms with E-state index in [-0.39, 0.29) is 0 Å². The highest BCUT2D eigenvalue weighted by molar-refractivity contribution is 5.73. The summed E-state index contributed by atoms with van der Waals surface area (Å²) in [6.07, 6.45) is -23.4. The molecule has 1 amide bonds. The summed E-state index contributed by atoms with van der Waals surface area (Å²) in [5.41, 5.74) is 0. The zero-order chi connectivity index (χ0) is 27.6. The SMILES string of the molecule is CC(=O)N[C@@H]1[C@@H](O)[C@H](O[C@H]2O[C@H](CO)[C@H](O)[C@H](O[C@H]3O[C@H](CO)[C@H](O)[C@H](O)[C@H]3O)[C@H]2O)[C@@H](CO)O[C@H]1O. The van der Waals surface area contributed by atoms with Crippen molar-refractivity contribution in [3.63, 3.8) is 0 Å². The van der Waals surface area contributed by atoms with Crippen LogP contribution < -0.4 is 5.32 Å². The van der Waals surface area contributed by atoms with Gasteiger partial charge < -0.3 is 80.1 Å². The van der Waals surface area contributed by atoms with Gasteiger partial charge in [0, 0.05) is 6.92 Å². The van der Waals surface area contributed by atoms with Crippen molar-refractivity contribution in [1.82, 2.24) is 5.32 Å². The third kappa shape index (κ3) is 6.38. The molecular weight excluding hydrogens is 510 g/mol. The molecule has 0 spiro atoms. The lowest BCUT2D eigenvalue weighted by Crippen LogP contribution is -2.68. The van der Waals surface area contributed by atoms with Crippen LogP contribution in [0.15, 0.2) is 0 Å². The number of carbonyl (C=O) groups is 1. The van der Waals surface area contributed by atoms with Gasteiger partial charge in [-0.05, 0) is 0 Å². The summed E-state index contributed by atoms with van der Waals surface area (Å²) in [6.45, 7) is -1.23. The highest BCUT2D eigenvalue weighted by atomic mass is 16.7. The first kappa shape index (κ1) is 30.4. The summed E-state index contributed by atoms with van der Waals surface area (Å²) in [5, 5.41) is 103. The number of hydrogen-bond donors (Lipinski definition) is 11. The quantitative estimate of drug-likeness (QED) is 0.135. The van der Waals surface area contributed by atoms with Crippen molar-refractivity contribution < 1.29 is 79.5 Å². The van der Waals surface area contributed by atoms with E-state index >= 15 is 0 Å². The molecule has 0 aliphatic carbocycles. The number of rotatable bonds is 8. The molecule has 3 aliphatic heterocycles. The molecule has 3 aliphatic rings. The molecule has 17 nitrogen and oxygen atoms in total. The van der Waals surface area contributed by atoms with Gasteiger partial charge in [-0.2, -0.15) is 0 Å². The Morgan fingerprint density at radius 3 is 1.70 bits per heavy atom. The van der Waals surface area contributed by atoms with Crippen LogP contribution in [-0.2, 0) is 28.5 Å². The summed E-state index contributed by atoms with van der Waals surface area (Å²) >= 11 is 0. The predicted molar refractivity (Wildman–Crippen MR) is 113 cm³/mol. The number of hydrogen-bond acceptors (Lipinski definition) is 16. The van der Waals surface area contributed by atoms with Crippen LogP contribution in [0.2, 0.25) is 0 Å². The zero-order valence-electron chi connectivity index (χ0n) is 19.7. The minimum Gasteiger partial charge on any atom is -0.394 e. The van der Waals surface area contributed by atoms with Gasteiger partial charge >= 0.3 is 0 Å². The van der Waals surface area contributed by atoms with Crippen molar-refractivity contribution in [2.75, 3.05) is 19.8 Å². The van der Waals surface area contributed by atoms with Gasteiger partial charge in [0.25, 0.3) is 0 Å². The van der Waals surface area contributed by atoms with Crippen molar-refractivity contribution in [3.8, 4) is 0 Å². The summed E-state index contributed by atoms with van der Waals surface area (Å²) in [7, 11) is 0. The van der Waals surface area contributed by atoms with E-state index in [2.05, 4.69) is 5.32 Å². The van der Waals surface area contributed by atoms with Crippen LogP contribution in [0.1, 0.15) is 6.92 Å². The van der Waals surface area contributed by atoms with E-state index in [0.29, 0.717) is 0 Å². The predicted octanol–water partition coefficient (Wildman–Crippen LogP) is -7.43. The lowest BCUT2D eigenvalue weighted by atomic mass is 9.95. The van der Waals surface area contributed by atoms with E-state index < -0.39 is 118 Å². The number of nitrogens with one attached hydrogen (secondary N) is 1. The molecule has 0 aromatic carbocycles. The normalized spacial score (nSPS) is 49.0. The molecule has 3 rings (SSSR count). The first-order valence-corrected chi connectivity index (χ1v) is 11.6. The lowest BCUT2D eigenvalue weighted by molar-refractivity contribution is -0.375. The van der Waals surface area contributed by atoms with Gasteiger partial charge in [-0.15, -0.1) is 0 Å². The summed E-state index contributed by atoms with van der Waals surface area (Å²) < 4.78 is 26.9.